The van der Waals surface area contributed by atoms with Gasteiger partial charge in [-0.15, -0.1) is 0 Å². The van der Waals surface area contributed by atoms with Crippen LogP contribution >= 0.6 is 0 Å². The number of amides is 2. The first-order valence-electron chi connectivity index (χ1n) is 7.10. The molecule has 2 atom stereocenters. The van der Waals surface area contributed by atoms with E-state index in [1.807, 2.05) is 18.7 Å². The lowest BCUT2D eigenvalue weighted by atomic mass is 9.94. The normalized spacial score (nSPS) is 32.2. The van der Waals surface area contributed by atoms with Crippen LogP contribution in [0.15, 0.2) is 0 Å². The zero-order chi connectivity index (χ0) is 14.0. The number of carbonyl (C=O) groups excluding carboxylic acids is 2. The maximum atomic E-state index is 12.8. The Morgan fingerprint density at radius 2 is 2.11 bits per heavy atom. The summed E-state index contributed by atoms with van der Waals surface area (Å²) in [5.41, 5.74) is -0.699. The average Bonchev–Trinajstić information content (AvgIpc) is 3.16. The van der Waals surface area contributed by atoms with Crippen LogP contribution < -0.4 is 5.32 Å². The van der Waals surface area contributed by atoms with Crippen LogP contribution in [0.3, 0.4) is 0 Å². The first kappa shape index (κ1) is 14.3. The molecular formula is C14H24N2O3. The molecule has 0 radical (unpaired) electrons. The number of nitrogens with one attached hydrogen (secondary N) is 1. The molecule has 0 spiro atoms. The van der Waals surface area contributed by atoms with Crippen LogP contribution in [-0.4, -0.2) is 48.6 Å². The molecule has 0 aromatic heterocycles. The topological polar surface area (TPSA) is 58.6 Å². The molecule has 1 N–H and O–H groups in total. The average molecular weight is 268 g/mol. The summed E-state index contributed by atoms with van der Waals surface area (Å²) in [4.78, 5) is 26.6. The van der Waals surface area contributed by atoms with Crippen molar-refractivity contribution in [3.63, 3.8) is 0 Å². The SMILES string of the molecule is COCCCN1C(=O)C(C)(C2CC2)NC(=O)CC1C. The van der Waals surface area contributed by atoms with Gasteiger partial charge in [0.05, 0.1) is 0 Å². The minimum atomic E-state index is -0.699. The van der Waals surface area contributed by atoms with Crippen LogP contribution in [-0.2, 0) is 14.3 Å². The molecule has 19 heavy (non-hydrogen) atoms. The van der Waals surface area contributed by atoms with E-state index in [1.54, 1.807) is 7.11 Å². The minimum Gasteiger partial charge on any atom is -0.385 e. The minimum absolute atomic E-state index is 0.00973. The number of methoxy groups -OCH3 is 1. The van der Waals surface area contributed by atoms with E-state index >= 15 is 0 Å². The maximum absolute atomic E-state index is 12.8. The van der Waals surface area contributed by atoms with E-state index in [-0.39, 0.29) is 17.9 Å². The summed E-state index contributed by atoms with van der Waals surface area (Å²) in [5, 5.41) is 2.96. The van der Waals surface area contributed by atoms with Crippen molar-refractivity contribution in [1.29, 1.82) is 0 Å². The predicted molar refractivity (Wildman–Crippen MR) is 71.6 cm³/mol. The fourth-order valence-electron chi connectivity index (χ4n) is 2.91. The van der Waals surface area contributed by atoms with E-state index in [1.165, 1.54) is 0 Å². The summed E-state index contributed by atoms with van der Waals surface area (Å²) < 4.78 is 5.05. The number of carbonyl (C=O) groups is 2. The second-order valence-electron chi connectivity index (χ2n) is 5.92. The van der Waals surface area contributed by atoms with E-state index in [0.29, 0.717) is 25.5 Å². The van der Waals surface area contributed by atoms with Crippen molar-refractivity contribution in [3.8, 4) is 0 Å². The van der Waals surface area contributed by atoms with Gasteiger partial charge in [0.1, 0.15) is 5.54 Å². The number of rotatable bonds is 5. The van der Waals surface area contributed by atoms with Crippen molar-refractivity contribution in [2.24, 2.45) is 5.92 Å². The fraction of sp³-hybridized carbons (Fsp3) is 0.857. The highest BCUT2D eigenvalue weighted by atomic mass is 16.5. The zero-order valence-electron chi connectivity index (χ0n) is 12.1. The van der Waals surface area contributed by atoms with Crippen LogP contribution in [0.5, 0.6) is 0 Å². The summed E-state index contributed by atoms with van der Waals surface area (Å²) in [5.74, 6) is 0.369. The Balaban J connectivity index is 2.14. The van der Waals surface area contributed by atoms with Gasteiger partial charge < -0.3 is 15.0 Å². The zero-order valence-corrected chi connectivity index (χ0v) is 12.1. The number of ether oxygens (including phenoxy) is 1. The lowest BCUT2D eigenvalue weighted by Gasteiger charge is -2.34. The Labute approximate surface area is 114 Å². The highest BCUT2D eigenvalue weighted by Crippen LogP contribution is 2.41. The second kappa shape index (κ2) is 5.49. The molecule has 0 aromatic carbocycles. The van der Waals surface area contributed by atoms with Gasteiger partial charge in [-0.2, -0.15) is 0 Å². The Morgan fingerprint density at radius 1 is 1.42 bits per heavy atom. The van der Waals surface area contributed by atoms with E-state index < -0.39 is 5.54 Å². The van der Waals surface area contributed by atoms with Gasteiger partial charge in [0.15, 0.2) is 0 Å². The van der Waals surface area contributed by atoms with Crippen molar-refractivity contribution in [1.82, 2.24) is 10.2 Å². The first-order valence-corrected chi connectivity index (χ1v) is 7.10. The maximum Gasteiger partial charge on any atom is 0.248 e. The summed E-state index contributed by atoms with van der Waals surface area (Å²) >= 11 is 0. The van der Waals surface area contributed by atoms with Gasteiger partial charge in [-0.25, -0.2) is 0 Å². The smallest absolute Gasteiger partial charge is 0.248 e. The van der Waals surface area contributed by atoms with Crippen molar-refractivity contribution in [3.05, 3.63) is 0 Å². The molecule has 108 valence electrons. The molecule has 0 bridgehead atoms. The van der Waals surface area contributed by atoms with Crippen molar-refractivity contribution >= 4 is 11.8 Å². The van der Waals surface area contributed by atoms with E-state index in [9.17, 15) is 9.59 Å². The molecule has 2 rings (SSSR count). The Kier molecular flexibility index (Phi) is 4.13. The summed E-state index contributed by atoms with van der Waals surface area (Å²) in [6.45, 7) is 5.12. The predicted octanol–water partition coefficient (Wildman–Crippen LogP) is 0.929. The number of hydrogen-bond acceptors (Lipinski definition) is 3. The van der Waals surface area contributed by atoms with Gasteiger partial charge in [-0.1, -0.05) is 0 Å². The third-order valence-corrected chi connectivity index (χ3v) is 4.26. The third kappa shape index (κ3) is 2.91. The van der Waals surface area contributed by atoms with Gasteiger partial charge in [-0.05, 0) is 39.0 Å². The van der Waals surface area contributed by atoms with E-state index in [0.717, 1.165) is 19.3 Å². The van der Waals surface area contributed by atoms with Gasteiger partial charge in [0, 0.05) is 32.7 Å². The summed E-state index contributed by atoms with van der Waals surface area (Å²) in [6.07, 6.45) is 3.26. The number of hydrogen-bond donors (Lipinski definition) is 1. The molecule has 1 saturated heterocycles. The van der Waals surface area contributed by atoms with Gasteiger partial charge in [-0.3, -0.25) is 9.59 Å². The van der Waals surface area contributed by atoms with Gasteiger partial charge in [0.25, 0.3) is 0 Å². The Morgan fingerprint density at radius 3 is 2.68 bits per heavy atom. The molecule has 1 saturated carbocycles. The molecule has 1 aliphatic heterocycles. The van der Waals surface area contributed by atoms with Crippen LogP contribution in [0.4, 0.5) is 0 Å². The van der Waals surface area contributed by atoms with Gasteiger partial charge in [0.2, 0.25) is 11.8 Å². The molecule has 1 aliphatic carbocycles. The van der Waals surface area contributed by atoms with Crippen LogP contribution in [0.25, 0.3) is 0 Å². The van der Waals surface area contributed by atoms with Crippen molar-refractivity contribution < 1.29 is 14.3 Å². The number of nitrogens with zero attached hydrogens (tertiary/aromatic N) is 1. The molecule has 2 aliphatic rings. The molecular weight excluding hydrogens is 244 g/mol. The Hall–Kier alpha value is -1.10. The lowest BCUT2D eigenvalue weighted by Crippen LogP contribution is -2.57. The molecule has 5 heteroatoms. The van der Waals surface area contributed by atoms with Crippen LogP contribution in [0, 0.1) is 5.92 Å². The quantitative estimate of drug-likeness (QED) is 0.755. The second-order valence-corrected chi connectivity index (χ2v) is 5.92. The van der Waals surface area contributed by atoms with Gasteiger partial charge >= 0.3 is 0 Å². The highest BCUT2D eigenvalue weighted by Gasteiger charge is 2.52. The summed E-state index contributed by atoms with van der Waals surface area (Å²) in [7, 11) is 1.66. The molecule has 2 fully saturated rings. The van der Waals surface area contributed by atoms with Crippen molar-refractivity contribution in [2.75, 3.05) is 20.3 Å². The molecule has 0 aromatic rings. The molecule has 1 heterocycles. The van der Waals surface area contributed by atoms with E-state index in [2.05, 4.69) is 5.32 Å². The highest BCUT2D eigenvalue weighted by molar-refractivity contribution is 5.94. The monoisotopic (exact) mass is 268 g/mol. The largest absolute Gasteiger partial charge is 0.385 e. The van der Waals surface area contributed by atoms with Crippen LogP contribution in [0.1, 0.15) is 39.5 Å². The van der Waals surface area contributed by atoms with Crippen molar-refractivity contribution in [2.45, 2.75) is 51.1 Å². The van der Waals surface area contributed by atoms with Crippen LogP contribution in [0.2, 0.25) is 0 Å². The standard InChI is InChI=1S/C14H24N2O3/c1-10-9-12(17)15-14(2,11-5-6-11)13(18)16(10)7-4-8-19-3/h10-11H,4-9H2,1-3H3,(H,15,17). The molecule has 5 nitrogen and oxygen atoms in total. The fourth-order valence-corrected chi connectivity index (χ4v) is 2.91. The third-order valence-electron chi connectivity index (χ3n) is 4.26. The summed E-state index contributed by atoms with van der Waals surface area (Å²) in [6, 6.07) is -0.0371. The Bertz CT molecular complexity index is 368. The van der Waals surface area contributed by atoms with E-state index in [4.69, 9.17) is 4.74 Å². The molecule has 2 amide bonds. The lowest BCUT2D eigenvalue weighted by molar-refractivity contribution is -0.140. The first-order chi connectivity index (χ1) is 8.99. The molecule has 2 unspecified atom stereocenters.